The van der Waals surface area contributed by atoms with Crippen molar-refractivity contribution in [2.24, 2.45) is 10.9 Å². The molecule has 1 aliphatic rings. The van der Waals surface area contributed by atoms with Gasteiger partial charge in [-0.2, -0.15) is 0 Å². The van der Waals surface area contributed by atoms with Gasteiger partial charge in [-0.25, -0.2) is 0 Å². The van der Waals surface area contributed by atoms with E-state index < -0.39 is 0 Å². The molecule has 0 aliphatic carbocycles. The quantitative estimate of drug-likeness (QED) is 0.377. The number of benzene rings is 1. The van der Waals surface area contributed by atoms with Crippen LogP contribution in [0.2, 0.25) is 5.02 Å². The molecule has 1 aromatic rings. The van der Waals surface area contributed by atoms with Crippen LogP contribution < -0.4 is 5.73 Å². The number of aryl methyl sites for hydroxylation is 1. The van der Waals surface area contributed by atoms with Crippen molar-refractivity contribution in [3.05, 3.63) is 34.3 Å². The molecule has 1 heterocycles. The molecule has 0 aromatic heterocycles. The summed E-state index contributed by atoms with van der Waals surface area (Å²) in [5.74, 6) is -0.0694. The maximum Gasteiger partial charge on any atom is 0.254 e. The summed E-state index contributed by atoms with van der Waals surface area (Å²) in [6.45, 7) is 2.48. The number of nitrogens with zero attached hydrogens (tertiary/aromatic N) is 2. The van der Waals surface area contributed by atoms with Crippen molar-refractivity contribution < 1.29 is 10.0 Å². The number of hydrogen-bond acceptors (Lipinski definition) is 3. The monoisotopic (exact) mass is 281 g/mol. The maximum atomic E-state index is 12.4. The van der Waals surface area contributed by atoms with Gasteiger partial charge in [-0.3, -0.25) is 4.79 Å². The third-order valence-corrected chi connectivity index (χ3v) is 3.80. The summed E-state index contributed by atoms with van der Waals surface area (Å²) in [7, 11) is 0. The summed E-state index contributed by atoms with van der Waals surface area (Å²) < 4.78 is 0. The van der Waals surface area contributed by atoms with Gasteiger partial charge in [-0.05, 0) is 37.5 Å². The van der Waals surface area contributed by atoms with Crippen LogP contribution in [-0.4, -0.2) is 34.4 Å². The van der Waals surface area contributed by atoms with Gasteiger partial charge in [0.2, 0.25) is 0 Å². The van der Waals surface area contributed by atoms with E-state index >= 15 is 0 Å². The lowest BCUT2D eigenvalue weighted by Crippen LogP contribution is -2.43. The van der Waals surface area contributed by atoms with Crippen molar-refractivity contribution in [2.45, 2.75) is 25.8 Å². The Labute approximate surface area is 116 Å². The number of carbonyl (C=O) groups excluding carboxylic acids is 1. The highest BCUT2D eigenvalue weighted by molar-refractivity contribution is 6.31. The van der Waals surface area contributed by atoms with Gasteiger partial charge in [0.1, 0.15) is 0 Å². The van der Waals surface area contributed by atoms with Gasteiger partial charge < -0.3 is 15.8 Å². The molecule has 0 radical (unpaired) electrons. The minimum Gasteiger partial charge on any atom is -0.409 e. The van der Waals surface area contributed by atoms with Crippen LogP contribution in [0.4, 0.5) is 0 Å². The first kappa shape index (κ1) is 13.7. The van der Waals surface area contributed by atoms with Gasteiger partial charge in [0.15, 0.2) is 5.84 Å². The lowest BCUT2D eigenvalue weighted by atomic mass is 10.1. The molecule has 102 valence electrons. The number of carbonyl (C=O) groups is 1. The predicted octanol–water partition coefficient (Wildman–Crippen LogP) is 2.00. The van der Waals surface area contributed by atoms with Crippen LogP contribution in [0.5, 0.6) is 0 Å². The Bertz CT molecular complexity index is 531. The average molecular weight is 282 g/mol. The van der Waals surface area contributed by atoms with E-state index in [0.29, 0.717) is 23.6 Å². The van der Waals surface area contributed by atoms with Crippen molar-refractivity contribution in [3.63, 3.8) is 0 Å². The Kier molecular flexibility index (Phi) is 3.95. The summed E-state index contributed by atoms with van der Waals surface area (Å²) in [6.07, 6.45) is 1.55. The van der Waals surface area contributed by atoms with Crippen LogP contribution >= 0.6 is 11.6 Å². The zero-order valence-corrected chi connectivity index (χ0v) is 11.4. The van der Waals surface area contributed by atoms with Crippen molar-refractivity contribution in [3.8, 4) is 0 Å². The first-order valence-corrected chi connectivity index (χ1v) is 6.47. The summed E-state index contributed by atoms with van der Waals surface area (Å²) >= 11 is 6.03. The number of nitrogens with two attached hydrogens (primary N) is 1. The van der Waals surface area contributed by atoms with E-state index in [1.165, 1.54) is 0 Å². The number of hydrogen-bond donors (Lipinski definition) is 2. The molecule has 1 fully saturated rings. The summed E-state index contributed by atoms with van der Waals surface area (Å²) in [5, 5.41) is 12.3. The van der Waals surface area contributed by atoms with E-state index in [1.807, 2.05) is 13.0 Å². The van der Waals surface area contributed by atoms with Crippen molar-refractivity contribution in [1.29, 1.82) is 0 Å². The number of likely N-dealkylation sites (tertiary alicyclic amines) is 1. The lowest BCUT2D eigenvalue weighted by Gasteiger charge is -2.23. The molecule has 1 aliphatic heterocycles. The Morgan fingerprint density at radius 2 is 2.32 bits per heavy atom. The highest BCUT2D eigenvalue weighted by Gasteiger charge is 2.32. The van der Waals surface area contributed by atoms with E-state index in [-0.39, 0.29) is 17.8 Å². The predicted molar refractivity (Wildman–Crippen MR) is 73.7 cm³/mol. The standard InChI is InChI=1S/C13H16ClN3O2/c1-8-4-5-9(7-10(8)14)13(18)17-6-2-3-11(17)12(15)16-19/h4-5,7,11,19H,2-3,6H2,1H3,(H2,15,16). The largest absolute Gasteiger partial charge is 0.409 e. The van der Waals surface area contributed by atoms with Gasteiger partial charge >= 0.3 is 0 Å². The third kappa shape index (κ3) is 2.66. The van der Waals surface area contributed by atoms with Crippen LogP contribution in [0.3, 0.4) is 0 Å². The van der Waals surface area contributed by atoms with E-state index in [2.05, 4.69) is 5.16 Å². The molecule has 3 N–H and O–H groups in total. The fraction of sp³-hybridized carbons (Fsp3) is 0.385. The Hall–Kier alpha value is -1.75. The number of amidine groups is 1. The summed E-state index contributed by atoms with van der Waals surface area (Å²) in [4.78, 5) is 14.0. The third-order valence-electron chi connectivity index (χ3n) is 3.39. The zero-order chi connectivity index (χ0) is 14.0. The van der Waals surface area contributed by atoms with Gasteiger partial charge in [-0.1, -0.05) is 22.8 Å². The normalized spacial score (nSPS) is 19.8. The molecular weight excluding hydrogens is 266 g/mol. The van der Waals surface area contributed by atoms with Crippen molar-refractivity contribution in [1.82, 2.24) is 4.90 Å². The summed E-state index contributed by atoms with van der Waals surface area (Å²) in [5.41, 5.74) is 7.06. The number of halogens is 1. The highest BCUT2D eigenvalue weighted by atomic mass is 35.5. The van der Waals surface area contributed by atoms with Gasteiger partial charge in [0, 0.05) is 17.1 Å². The number of oxime groups is 1. The number of rotatable bonds is 2. The zero-order valence-electron chi connectivity index (χ0n) is 10.6. The second kappa shape index (κ2) is 5.48. The second-order valence-electron chi connectivity index (χ2n) is 4.65. The second-order valence-corrected chi connectivity index (χ2v) is 5.05. The Morgan fingerprint density at radius 1 is 1.58 bits per heavy atom. The fourth-order valence-corrected chi connectivity index (χ4v) is 2.46. The van der Waals surface area contributed by atoms with E-state index in [1.54, 1.807) is 17.0 Å². The molecule has 19 heavy (non-hydrogen) atoms. The molecule has 1 amide bonds. The molecule has 1 unspecified atom stereocenters. The molecule has 5 nitrogen and oxygen atoms in total. The van der Waals surface area contributed by atoms with Gasteiger partial charge in [-0.15, -0.1) is 0 Å². The van der Waals surface area contributed by atoms with Crippen LogP contribution in [0.1, 0.15) is 28.8 Å². The Balaban J connectivity index is 2.25. The molecule has 6 heteroatoms. The van der Waals surface area contributed by atoms with E-state index in [9.17, 15) is 4.79 Å². The molecule has 1 saturated heterocycles. The van der Waals surface area contributed by atoms with Crippen LogP contribution in [-0.2, 0) is 0 Å². The minimum absolute atomic E-state index is 0.0732. The van der Waals surface area contributed by atoms with Gasteiger partial charge in [0.05, 0.1) is 6.04 Å². The SMILES string of the molecule is Cc1ccc(C(=O)N2CCCC2C(N)=NO)cc1Cl. The van der Waals surface area contributed by atoms with Crippen LogP contribution in [0.15, 0.2) is 23.4 Å². The topological polar surface area (TPSA) is 78.9 Å². The molecule has 1 atom stereocenters. The molecular formula is C13H16ClN3O2. The van der Waals surface area contributed by atoms with Crippen LogP contribution in [0, 0.1) is 6.92 Å². The first-order valence-electron chi connectivity index (χ1n) is 6.09. The molecule has 0 spiro atoms. The number of amides is 1. The molecule has 0 bridgehead atoms. The van der Waals surface area contributed by atoms with Crippen molar-refractivity contribution >= 4 is 23.3 Å². The highest BCUT2D eigenvalue weighted by Crippen LogP contribution is 2.23. The molecule has 1 aromatic carbocycles. The molecule has 2 rings (SSSR count). The minimum atomic E-state index is -0.336. The average Bonchev–Trinajstić information content (AvgIpc) is 2.89. The van der Waals surface area contributed by atoms with Gasteiger partial charge in [0.25, 0.3) is 5.91 Å². The molecule has 0 saturated carbocycles. The van der Waals surface area contributed by atoms with E-state index in [0.717, 1.165) is 12.0 Å². The Morgan fingerprint density at radius 3 is 2.95 bits per heavy atom. The fourth-order valence-electron chi connectivity index (χ4n) is 2.28. The lowest BCUT2D eigenvalue weighted by molar-refractivity contribution is 0.0768. The summed E-state index contributed by atoms with van der Waals surface area (Å²) in [6, 6.07) is 4.87. The van der Waals surface area contributed by atoms with Crippen LogP contribution in [0.25, 0.3) is 0 Å². The maximum absolute atomic E-state index is 12.4. The smallest absolute Gasteiger partial charge is 0.254 e. The van der Waals surface area contributed by atoms with Crippen molar-refractivity contribution in [2.75, 3.05) is 6.54 Å². The first-order chi connectivity index (χ1) is 9.04. The van der Waals surface area contributed by atoms with E-state index in [4.69, 9.17) is 22.5 Å².